The fraction of sp³-hybridized carbons (Fsp3) is 0.800. The van der Waals surface area contributed by atoms with Gasteiger partial charge in [0, 0.05) is 6.61 Å². The van der Waals surface area contributed by atoms with Crippen LogP contribution in [-0.4, -0.2) is 11.7 Å². The van der Waals surface area contributed by atoms with Crippen molar-refractivity contribution in [1.29, 1.82) is 0 Å². The third-order valence-corrected chi connectivity index (χ3v) is 1.74. The Morgan fingerprint density at radius 1 is 1.45 bits per heavy atom. The van der Waals surface area contributed by atoms with Gasteiger partial charge in [-0.25, -0.2) is 0 Å². The molecule has 0 aromatic rings. The first-order valence-electron chi connectivity index (χ1n) is 4.43. The highest BCUT2D eigenvalue weighted by molar-refractivity contribution is 4.97. The van der Waals surface area contributed by atoms with Crippen LogP contribution in [-0.2, 0) is 0 Å². The van der Waals surface area contributed by atoms with Crippen molar-refractivity contribution in [2.75, 3.05) is 6.61 Å². The van der Waals surface area contributed by atoms with Crippen molar-refractivity contribution in [3.63, 3.8) is 0 Å². The van der Waals surface area contributed by atoms with E-state index in [0.29, 0.717) is 0 Å². The van der Waals surface area contributed by atoms with Gasteiger partial charge in [0.25, 0.3) is 0 Å². The fourth-order valence-electron chi connectivity index (χ4n) is 0.941. The van der Waals surface area contributed by atoms with Crippen molar-refractivity contribution < 1.29 is 5.11 Å². The van der Waals surface area contributed by atoms with Gasteiger partial charge in [-0.3, -0.25) is 0 Å². The van der Waals surface area contributed by atoms with Crippen molar-refractivity contribution in [3.05, 3.63) is 11.6 Å². The Hall–Kier alpha value is -0.300. The first-order valence-corrected chi connectivity index (χ1v) is 4.43. The molecular weight excluding hydrogens is 136 g/mol. The van der Waals surface area contributed by atoms with E-state index in [2.05, 4.69) is 26.8 Å². The van der Waals surface area contributed by atoms with Gasteiger partial charge < -0.3 is 5.11 Å². The second kappa shape index (κ2) is 6.41. The molecule has 0 unspecified atom stereocenters. The van der Waals surface area contributed by atoms with Crippen LogP contribution in [0.25, 0.3) is 0 Å². The van der Waals surface area contributed by atoms with Crippen LogP contribution in [0, 0.1) is 5.92 Å². The topological polar surface area (TPSA) is 20.2 Å². The summed E-state index contributed by atoms with van der Waals surface area (Å²) in [5.74, 6) is 0.785. The zero-order chi connectivity index (χ0) is 8.69. The Balaban J connectivity index is 3.39. The van der Waals surface area contributed by atoms with E-state index in [1.54, 1.807) is 0 Å². The van der Waals surface area contributed by atoms with Gasteiger partial charge >= 0.3 is 0 Å². The summed E-state index contributed by atoms with van der Waals surface area (Å²) in [5.41, 5.74) is 1.31. The molecule has 0 amide bonds. The molecule has 0 bridgehead atoms. The smallest absolute Gasteiger partial charge is 0.0468 e. The number of aliphatic hydroxyl groups is 1. The highest BCUT2D eigenvalue weighted by Crippen LogP contribution is 2.07. The molecule has 1 nitrogen and oxygen atoms in total. The molecule has 0 fully saturated rings. The fourth-order valence-corrected chi connectivity index (χ4v) is 0.941. The summed E-state index contributed by atoms with van der Waals surface area (Å²) >= 11 is 0. The van der Waals surface area contributed by atoms with Crippen molar-refractivity contribution in [2.24, 2.45) is 5.92 Å². The lowest BCUT2D eigenvalue weighted by Gasteiger charge is -2.01. The first kappa shape index (κ1) is 10.7. The van der Waals surface area contributed by atoms with E-state index >= 15 is 0 Å². The van der Waals surface area contributed by atoms with Gasteiger partial charge in [-0.05, 0) is 32.1 Å². The third kappa shape index (κ3) is 7.60. The lowest BCUT2D eigenvalue weighted by Crippen LogP contribution is -1.87. The molecule has 0 atom stereocenters. The summed E-state index contributed by atoms with van der Waals surface area (Å²) in [4.78, 5) is 0. The number of hydrogen-bond donors (Lipinski definition) is 1. The van der Waals surface area contributed by atoms with E-state index in [-0.39, 0.29) is 6.61 Å². The molecule has 0 spiro atoms. The van der Waals surface area contributed by atoms with Gasteiger partial charge in [0.15, 0.2) is 0 Å². The number of rotatable bonds is 5. The summed E-state index contributed by atoms with van der Waals surface area (Å²) in [6, 6.07) is 0. The quantitative estimate of drug-likeness (QED) is 0.607. The van der Waals surface area contributed by atoms with Gasteiger partial charge in [0.05, 0.1) is 0 Å². The molecule has 0 rings (SSSR count). The van der Waals surface area contributed by atoms with Crippen molar-refractivity contribution >= 4 is 0 Å². The van der Waals surface area contributed by atoms with E-state index in [1.165, 1.54) is 12.0 Å². The molecule has 0 aliphatic heterocycles. The van der Waals surface area contributed by atoms with Gasteiger partial charge in [0.2, 0.25) is 0 Å². The lowest BCUT2D eigenvalue weighted by atomic mass is 10.1. The normalized spacial score (nSPS) is 12.6. The maximum Gasteiger partial charge on any atom is 0.0468 e. The maximum absolute atomic E-state index is 8.60. The van der Waals surface area contributed by atoms with E-state index in [4.69, 9.17) is 5.11 Å². The lowest BCUT2D eigenvalue weighted by molar-refractivity contribution is 0.299. The highest BCUT2D eigenvalue weighted by Gasteiger charge is 1.91. The second-order valence-electron chi connectivity index (χ2n) is 3.50. The number of aliphatic hydroxyl groups excluding tert-OH is 1. The Kier molecular flexibility index (Phi) is 6.24. The van der Waals surface area contributed by atoms with Crippen molar-refractivity contribution in [2.45, 2.75) is 40.0 Å². The van der Waals surface area contributed by atoms with Crippen LogP contribution in [0.1, 0.15) is 40.0 Å². The molecule has 0 aliphatic carbocycles. The maximum atomic E-state index is 8.60. The minimum Gasteiger partial charge on any atom is -0.396 e. The molecule has 0 saturated heterocycles. The highest BCUT2D eigenvalue weighted by atomic mass is 16.2. The number of allylic oxidation sites excluding steroid dienone is 1. The number of hydrogen-bond acceptors (Lipinski definition) is 1. The zero-order valence-electron chi connectivity index (χ0n) is 7.93. The van der Waals surface area contributed by atoms with Crippen LogP contribution >= 0.6 is 0 Å². The molecule has 0 saturated carbocycles. The minimum atomic E-state index is 0.282. The SMILES string of the molecule is C/C(=C\CCC(C)C)CCO. The van der Waals surface area contributed by atoms with Crippen molar-refractivity contribution in [1.82, 2.24) is 0 Å². The minimum absolute atomic E-state index is 0.282. The third-order valence-electron chi connectivity index (χ3n) is 1.74. The van der Waals surface area contributed by atoms with Gasteiger partial charge in [-0.2, -0.15) is 0 Å². The van der Waals surface area contributed by atoms with Gasteiger partial charge in [0.1, 0.15) is 0 Å². The molecule has 0 radical (unpaired) electrons. The summed E-state index contributed by atoms with van der Waals surface area (Å²) in [6.07, 6.45) is 5.47. The average molecular weight is 156 g/mol. The standard InChI is InChI=1S/C10H20O/c1-9(2)5-4-6-10(3)7-8-11/h6,9,11H,4-5,7-8H2,1-3H3/b10-6+. The summed E-state index contributed by atoms with van der Waals surface area (Å²) in [5, 5.41) is 8.60. The summed E-state index contributed by atoms with van der Waals surface area (Å²) in [7, 11) is 0. The zero-order valence-corrected chi connectivity index (χ0v) is 7.93. The van der Waals surface area contributed by atoms with Crippen molar-refractivity contribution in [3.8, 4) is 0 Å². The Labute approximate surface area is 70.1 Å². The van der Waals surface area contributed by atoms with E-state index in [9.17, 15) is 0 Å². The molecule has 1 N–H and O–H groups in total. The summed E-state index contributed by atoms with van der Waals surface area (Å²) < 4.78 is 0. The van der Waals surface area contributed by atoms with Crippen LogP contribution in [0.15, 0.2) is 11.6 Å². The summed E-state index contributed by atoms with van der Waals surface area (Å²) in [6.45, 7) is 6.82. The van der Waals surface area contributed by atoms with E-state index in [0.717, 1.165) is 18.8 Å². The van der Waals surface area contributed by atoms with E-state index in [1.807, 2.05) is 0 Å². The Morgan fingerprint density at radius 2 is 2.09 bits per heavy atom. The van der Waals surface area contributed by atoms with Crippen LogP contribution < -0.4 is 0 Å². The van der Waals surface area contributed by atoms with Crippen LogP contribution in [0.3, 0.4) is 0 Å². The average Bonchev–Trinajstić information content (AvgIpc) is 1.87. The second-order valence-corrected chi connectivity index (χ2v) is 3.50. The predicted octanol–water partition coefficient (Wildman–Crippen LogP) is 2.75. The molecule has 11 heavy (non-hydrogen) atoms. The molecule has 0 aromatic heterocycles. The van der Waals surface area contributed by atoms with E-state index < -0.39 is 0 Å². The molecule has 0 aromatic carbocycles. The molecule has 66 valence electrons. The van der Waals surface area contributed by atoms with Crippen LogP contribution in [0.2, 0.25) is 0 Å². The van der Waals surface area contributed by atoms with Crippen LogP contribution in [0.5, 0.6) is 0 Å². The molecule has 1 heteroatoms. The molecule has 0 heterocycles. The Morgan fingerprint density at radius 3 is 2.55 bits per heavy atom. The van der Waals surface area contributed by atoms with Gasteiger partial charge in [-0.1, -0.05) is 25.5 Å². The first-order chi connectivity index (χ1) is 5.16. The molecular formula is C10H20O. The van der Waals surface area contributed by atoms with Gasteiger partial charge in [-0.15, -0.1) is 0 Å². The largest absolute Gasteiger partial charge is 0.396 e. The predicted molar refractivity (Wildman–Crippen MR) is 49.5 cm³/mol. The molecule has 0 aliphatic rings. The monoisotopic (exact) mass is 156 g/mol. The van der Waals surface area contributed by atoms with Crippen LogP contribution in [0.4, 0.5) is 0 Å². The Bertz CT molecular complexity index is 114.